The van der Waals surface area contributed by atoms with E-state index in [1.807, 2.05) is 6.92 Å². The van der Waals surface area contributed by atoms with E-state index in [9.17, 15) is 18.0 Å². The summed E-state index contributed by atoms with van der Waals surface area (Å²) >= 11 is 2.74. The lowest BCUT2D eigenvalue weighted by Crippen LogP contribution is -2.03. The number of carboxylic acids is 1. The summed E-state index contributed by atoms with van der Waals surface area (Å²) < 4.78 is 45.1. The van der Waals surface area contributed by atoms with Gasteiger partial charge < -0.3 is 9.84 Å². The Morgan fingerprint density at radius 3 is 2.61 bits per heavy atom. The molecule has 0 saturated carbocycles. The monoisotopic (exact) mass is 464 g/mol. The van der Waals surface area contributed by atoms with Crippen LogP contribution in [0.4, 0.5) is 13.2 Å². The van der Waals surface area contributed by atoms with E-state index >= 15 is 0 Å². The molecular weight excluding hydrogens is 449 g/mol. The number of aryl methyl sites for hydroxylation is 1. The van der Waals surface area contributed by atoms with E-state index in [2.05, 4.69) is 9.97 Å². The molecule has 5 nitrogen and oxygen atoms in total. The first-order valence-electron chi connectivity index (χ1n) is 9.05. The zero-order valence-corrected chi connectivity index (χ0v) is 17.7. The lowest BCUT2D eigenvalue weighted by Gasteiger charge is -2.08. The summed E-state index contributed by atoms with van der Waals surface area (Å²) in [7, 11) is 0. The molecule has 2 heterocycles. The van der Waals surface area contributed by atoms with Gasteiger partial charge in [0.2, 0.25) is 0 Å². The highest BCUT2D eigenvalue weighted by Crippen LogP contribution is 2.34. The molecule has 0 aliphatic rings. The minimum Gasteiger partial charge on any atom is -0.486 e. The maximum absolute atomic E-state index is 12.8. The number of rotatable bonds is 6. The van der Waals surface area contributed by atoms with Gasteiger partial charge in [-0.2, -0.15) is 13.2 Å². The third-order valence-electron chi connectivity index (χ3n) is 4.53. The Kier molecular flexibility index (Phi) is 5.67. The molecule has 10 heteroatoms. The number of alkyl halides is 3. The smallest absolute Gasteiger partial charge is 0.416 e. The van der Waals surface area contributed by atoms with Crippen LogP contribution in [0.2, 0.25) is 0 Å². The predicted molar refractivity (Wildman–Crippen MR) is 113 cm³/mol. The SMILES string of the molecule is Cc1nc(-c2ccc(C(F)(F)F)cc2)sc1COc1cc(CC(=O)O)cc2scnc12. The van der Waals surface area contributed by atoms with Gasteiger partial charge in [-0.1, -0.05) is 12.1 Å². The Morgan fingerprint density at radius 1 is 1.19 bits per heavy atom. The molecule has 0 radical (unpaired) electrons. The first kappa shape index (κ1) is 21.3. The Morgan fingerprint density at radius 2 is 1.94 bits per heavy atom. The van der Waals surface area contributed by atoms with Crippen molar-refractivity contribution in [2.24, 2.45) is 0 Å². The normalized spacial score (nSPS) is 11.7. The Balaban J connectivity index is 1.56. The zero-order valence-electron chi connectivity index (χ0n) is 16.1. The van der Waals surface area contributed by atoms with E-state index in [0.717, 1.165) is 27.4 Å². The summed E-state index contributed by atoms with van der Waals surface area (Å²) in [4.78, 5) is 20.6. The fraction of sp³-hybridized carbons (Fsp3) is 0.190. The van der Waals surface area contributed by atoms with Crippen molar-refractivity contribution in [1.82, 2.24) is 9.97 Å². The van der Waals surface area contributed by atoms with Crippen molar-refractivity contribution >= 4 is 38.9 Å². The number of aromatic nitrogens is 2. The highest BCUT2D eigenvalue weighted by molar-refractivity contribution is 7.16. The second-order valence-electron chi connectivity index (χ2n) is 6.75. The summed E-state index contributed by atoms with van der Waals surface area (Å²) in [5, 5.41) is 9.68. The number of carboxylic acid groups (broad SMARTS) is 1. The molecule has 0 spiro atoms. The van der Waals surface area contributed by atoms with E-state index in [1.165, 1.54) is 34.8 Å². The first-order chi connectivity index (χ1) is 14.7. The van der Waals surface area contributed by atoms with Gasteiger partial charge in [-0.3, -0.25) is 4.79 Å². The van der Waals surface area contributed by atoms with Gasteiger partial charge in [-0.05, 0) is 36.8 Å². The number of aliphatic carboxylic acids is 1. The summed E-state index contributed by atoms with van der Waals surface area (Å²) in [6, 6.07) is 8.34. The highest BCUT2D eigenvalue weighted by Gasteiger charge is 2.30. The van der Waals surface area contributed by atoms with Gasteiger partial charge in [0, 0.05) is 5.56 Å². The van der Waals surface area contributed by atoms with Crippen molar-refractivity contribution in [1.29, 1.82) is 0 Å². The largest absolute Gasteiger partial charge is 0.486 e. The summed E-state index contributed by atoms with van der Waals surface area (Å²) in [6.45, 7) is 2.00. The average Bonchev–Trinajstić information content (AvgIpc) is 3.31. The van der Waals surface area contributed by atoms with Crippen LogP contribution in [0.5, 0.6) is 5.75 Å². The highest BCUT2D eigenvalue weighted by atomic mass is 32.1. The van der Waals surface area contributed by atoms with Crippen LogP contribution in [-0.2, 0) is 24.0 Å². The van der Waals surface area contributed by atoms with Crippen LogP contribution in [0.3, 0.4) is 0 Å². The summed E-state index contributed by atoms with van der Waals surface area (Å²) in [5.41, 5.74) is 3.55. The van der Waals surface area contributed by atoms with E-state index in [1.54, 1.807) is 17.6 Å². The van der Waals surface area contributed by atoms with Crippen LogP contribution in [-0.4, -0.2) is 21.0 Å². The number of hydrogen-bond donors (Lipinski definition) is 1. The number of fused-ring (bicyclic) bond motifs is 1. The predicted octanol–water partition coefficient (Wildman–Crippen LogP) is 5.95. The third-order valence-corrected chi connectivity index (χ3v) is 6.48. The van der Waals surface area contributed by atoms with Crippen LogP contribution in [0.25, 0.3) is 20.8 Å². The van der Waals surface area contributed by atoms with Crippen LogP contribution < -0.4 is 4.74 Å². The average molecular weight is 464 g/mol. The molecule has 4 rings (SSSR count). The fourth-order valence-electron chi connectivity index (χ4n) is 3.01. The summed E-state index contributed by atoms with van der Waals surface area (Å²) in [5.74, 6) is -0.451. The van der Waals surface area contributed by atoms with Crippen molar-refractivity contribution in [3.05, 3.63) is 63.6 Å². The Bertz CT molecular complexity index is 1250. The molecule has 1 N–H and O–H groups in total. The standard InChI is InChI=1S/C21H15F3N2O3S2/c1-11-17(31-20(26-11)13-2-4-14(5-3-13)21(22,23)24)9-29-15-6-12(8-18(27)28)7-16-19(15)25-10-30-16/h2-7,10H,8-9H2,1H3,(H,27,28). The molecule has 2 aromatic heterocycles. The van der Waals surface area contributed by atoms with Crippen molar-refractivity contribution < 1.29 is 27.8 Å². The maximum Gasteiger partial charge on any atom is 0.416 e. The molecule has 0 aliphatic heterocycles. The molecule has 31 heavy (non-hydrogen) atoms. The minimum absolute atomic E-state index is 0.123. The van der Waals surface area contributed by atoms with Crippen molar-refractivity contribution in [3.8, 4) is 16.3 Å². The fourth-order valence-corrected chi connectivity index (χ4v) is 4.74. The van der Waals surface area contributed by atoms with E-state index in [0.29, 0.717) is 27.4 Å². The Labute approximate surface area is 182 Å². The molecule has 0 saturated heterocycles. The molecular formula is C21H15F3N2O3S2. The van der Waals surface area contributed by atoms with Gasteiger partial charge in [-0.15, -0.1) is 22.7 Å². The van der Waals surface area contributed by atoms with Crippen LogP contribution in [0, 0.1) is 6.92 Å². The summed E-state index contributed by atoms with van der Waals surface area (Å²) in [6.07, 6.45) is -4.51. The molecule has 0 fully saturated rings. The van der Waals surface area contributed by atoms with Crippen LogP contribution in [0.1, 0.15) is 21.7 Å². The molecule has 0 atom stereocenters. The number of halogens is 3. The second-order valence-corrected chi connectivity index (χ2v) is 8.72. The lowest BCUT2D eigenvalue weighted by atomic mass is 10.1. The van der Waals surface area contributed by atoms with Gasteiger partial charge in [0.05, 0.1) is 32.8 Å². The zero-order chi connectivity index (χ0) is 22.2. The molecule has 160 valence electrons. The Hall–Kier alpha value is -2.98. The van der Waals surface area contributed by atoms with E-state index in [4.69, 9.17) is 9.84 Å². The van der Waals surface area contributed by atoms with Crippen molar-refractivity contribution in [2.75, 3.05) is 0 Å². The molecule has 2 aromatic carbocycles. The number of nitrogens with zero attached hydrogens (tertiary/aromatic N) is 2. The topological polar surface area (TPSA) is 72.3 Å². The maximum atomic E-state index is 12.8. The van der Waals surface area contributed by atoms with Gasteiger partial charge in [0.25, 0.3) is 0 Å². The number of thiazole rings is 2. The van der Waals surface area contributed by atoms with E-state index in [-0.39, 0.29) is 13.0 Å². The number of carbonyl (C=O) groups is 1. The van der Waals surface area contributed by atoms with Gasteiger partial charge in [-0.25, -0.2) is 9.97 Å². The number of hydrogen-bond acceptors (Lipinski definition) is 6. The molecule has 0 unspecified atom stereocenters. The quantitative estimate of drug-likeness (QED) is 0.382. The minimum atomic E-state index is -4.38. The van der Waals surface area contributed by atoms with Gasteiger partial charge in [0.15, 0.2) is 0 Å². The van der Waals surface area contributed by atoms with Gasteiger partial charge in [0.1, 0.15) is 22.9 Å². The van der Waals surface area contributed by atoms with Crippen molar-refractivity contribution in [3.63, 3.8) is 0 Å². The number of benzene rings is 2. The molecule has 0 amide bonds. The van der Waals surface area contributed by atoms with Crippen LogP contribution in [0.15, 0.2) is 41.9 Å². The molecule has 0 bridgehead atoms. The lowest BCUT2D eigenvalue weighted by molar-refractivity contribution is -0.138. The molecule has 0 aliphatic carbocycles. The van der Waals surface area contributed by atoms with Gasteiger partial charge >= 0.3 is 12.1 Å². The molecule has 4 aromatic rings. The third kappa shape index (κ3) is 4.70. The van der Waals surface area contributed by atoms with E-state index < -0.39 is 17.7 Å². The number of ether oxygens (including phenoxy) is 1. The van der Waals surface area contributed by atoms with Crippen LogP contribution >= 0.6 is 22.7 Å². The first-order valence-corrected chi connectivity index (χ1v) is 10.7. The second kappa shape index (κ2) is 8.27. The van der Waals surface area contributed by atoms with Crippen molar-refractivity contribution in [2.45, 2.75) is 26.1 Å².